The first-order chi connectivity index (χ1) is 8.10. The van der Waals surface area contributed by atoms with Crippen molar-refractivity contribution in [3.63, 3.8) is 0 Å². The Morgan fingerprint density at radius 3 is 2.71 bits per heavy atom. The predicted octanol–water partition coefficient (Wildman–Crippen LogP) is 1.67. The monoisotopic (exact) mass is 257 g/mol. The fraction of sp³-hybridized carbons (Fsp3) is 0.417. The Hall–Kier alpha value is -1.07. The number of amides is 1. The van der Waals surface area contributed by atoms with Crippen molar-refractivity contribution in [1.82, 2.24) is 5.32 Å². The first kappa shape index (κ1) is 14.0. The van der Waals surface area contributed by atoms with E-state index in [2.05, 4.69) is 5.32 Å². The van der Waals surface area contributed by atoms with E-state index in [4.69, 9.17) is 5.11 Å². The van der Waals surface area contributed by atoms with Crippen LogP contribution >= 0.6 is 11.8 Å². The number of carbonyl (C=O) groups is 1. The number of rotatable bonds is 5. The van der Waals surface area contributed by atoms with Crippen molar-refractivity contribution < 1.29 is 14.3 Å². The molecule has 0 aliphatic heterocycles. The van der Waals surface area contributed by atoms with E-state index in [0.717, 1.165) is 0 Å². The van der Waals surface area contributed by atoms with Crippen LogP contribution in [0.3, 0.4) is 0 Å². The number of hydrogen-bond donors (Lipinski definition) is 2. The Kier molecular flexibility index (Phi) is 5.44. The Labute approximate surface area is 104 Å². The summed E-state index contributed by atoms with van der Waals surface area (Å²) in [5.41, 5.74) is 0.0251. The van der Waals surface area contributed by atoms with E-state index in [-0.39, 0.29) is 23.5 Å². The first-order valence-electron chi connectivity index (χ1n) is 5.29. The molecule has 0 aliphatic carbocycles. The van der Waals surface area contributed by atoms with E-state index in [1.54, 1.807) is 13.0 Å². The zero-order valence-electron chi connectivity index (χ0n) is 9.81. The Morgan fingerprint density at radius 2 is 2.18 bits per heavy atom. The lowest BCUT2D eigenvalue weighted by Gasteiger charge is -2.21. The average molecular weight is 257 g/mol. The van der Waals surface area contributed by atoms with E-state index >= 15 is 0 Å². The summed E-state index contributed by atoms with van der Waals surface area (Å²) in [7, 11) is 0. The maximum Gasteiger partial charge on any atom is 0.254 e. The fourth-order valence-electron chi connectivity index (χ4n) is 1.46. The molecule has 0 spiro atoms. The molecule has 1 aromatic rings. The third-order valence-corrected chi connectivity index (χ3v) is 3.68. The van der Waals surface area contributed by atoms with Crippen LogP contribution in [0, 0.1) is 5.82 Å². The second kappa shape index (κ2) is 6.61. The van der Waals surface area contributed by atoms with E-state index in [0.29, 0.717) is 0 Å². The number of aliphatic hydroxyl groups is 1. The molecule has 1 amide bonds. The third kappa shape index (κ3) is 3.71. The van der Waals surface area contributed by atoms with Crippen molar-refractivity contribution >= 4 is 17.7 Å². The van der Waals surface area contributed by atoms with Gasteiger partial charge >= 0.3 is 0 Å². The van der Waals surface area contributed by atoms with E-state index in [1.165, 1.54) is 30.0 Å². The molecule has 1 rings (SSSR count). The van der Waals surface area contributed by atoms with Gasteiger partial charge in [-0.2, -0.15) is 11.8 Å². The van der Waals surface area contributed by atoms with Crippen LogP contribution in [0.2, 0.25) is 0 Å². The molecule has 0 bridgehead atoms. The van der Waals surface area contributed by atoms with Gasteiger partial charge in [-0.1, -0.05) is 12.1 Å². The van der Waals surface area contributed by atoms with Crippen molar-refractivity contribution in [3.8, 4) is 0 Å². The van der Waals surface area contributed by atoms with Crippen molar-refractivity contribution in [2.24, 2.45) is 0 Å². The second-order valence-corrected chi connectivity index (χ2v) is 4.78. The molecule has 1 aromatic carbocycles. The molecular formula is C12H16FNO2S. The van der Waals surface area contributed by atoms with E-state index < -0.39 is 11.7 Å². The van der Waals surface area contributed by atoms with Crippen LogP contribution in [0.25, 0.3) is 0 Å². The summed E-state index contributed by atoms with van der Waals surface area (Å²) in [5.74, 6) is -0.995. The zero-order chi connectivity index (χ0) is 12.8. The summed E-state index contributed by atoms with van der Waals surface area (Å²) in [6, 6.07) is 5.61. The Balaban J connectivity index is 2.70. The normalized spacial score (nSPS) is 14.1. The highest BCUT2D eigenvalue weighted by molar-refractivity contribution is 7.99. The highest BCUT2D eigenvalue weighted by Gasteiger charge is 2.19. The van der Waals surface area contributed by atoms with Crippen LogP contribution in [0.15, 0.2) is 24.3 Å². The smallest absolute Gasteiger partial charge is 0.254 e. The topological polar surface area (TPSA) is 49.3 Å². The van der Waals surface area contributed by atoms with Gasteiger partial charge in [0.2, 0.25) is 0 Å². The molecule has 0 saturated heterocycles. The van der Waals surface area contributed by atoms with Crippen molar-refractivity contribution in [2.45, 2.75) is 18.2 Å². The SMILES string of the molecule is CSC(CO)C(C)NC(=O)c1ccccc1F. The third-order valence-electron chi connectivity index (χ3n) is 2.52. The molecule has 0 saturated carbocycles. The highest BCUT2D eigenvalue weighted by Crippen LogP contribution is 2.12. The van der Waals surface area contributed by atoms with Crippen LogP contribution in [-0.4, -0.2) is 35.2 Å². The van der Waals surface area contributed by atoms with Crippen LogP contribution in [0.4, 0.5) is 4.39 Å². The minimum absolute atomic E-state index is 0.0251. The largest absolute Gasteiger partial charge is 0.395 e. The van der Waals surface area contributed by atoms with Gasteiger partial charge in [0, 0.05) is 11.3 Å². The number of nitrogens with one attached hydrogen (secondary N) is 1. The van der Waals surface area contributed by atoms with Crippen LogP contribution < -0.4 is 5.32 Å². The van der Waals surface area contributed by atoms with Gasteiger partial charge in [0.15, 0.2) is 0 Å². The summed E-state index contributed by atoms with van der Waals surface area (Å²) in [4.78, 5) is 11.8. The number of halogens is 1. The number of aliphatic hydroxyl groups excluding tert-OH is 1. The lowest BCUT2D eigenvalue weighted by atomic mass is 10.1. The van der Waals surface area contributed by atoms with Crippen LogP contribution in [-0.2, 0) is 0 Å². The summed E-state index contributed by atoms with van der Waals surface area (Å²) >= 11 is 1.46. The lowest BCUT2D eigenvalue weighted by Crippen LogP contribution is -2.41. The molecule has 2 atom stereocenters. The van der Waals surface area contributed by atoms with Crippen molar-refractivity contribution in [2.75, 3.05) is 12.9 Å². The number of hydrogen-bond acceptors (Lipinski definition) is 3. The minimum atomic E-state index is -0.540. The summed E-state index contributed by atoms with van der Waals surface area (Å²) in [5, 5.41) is 11.7. The predicted molar refractivity (Wildman–Crippen MR) is 67.7 cm³/mol. The van der Waals surface area contributed by atoms with Crippen molar-refractivity contribution in [3.05, 3.63) is 35.6 Å². The number of thioether (sulfide) groups is 1. The molecule has 0 radical (unpaired) electrons. The van der Waals surface area contributed by atoms with Crippen molar-refractivity contribution in [1.29, 1.82) is 0 Å². The molecule has 17 heavy (non-hydrogen) atoms. The van der Waals surface area contributed by atoms with Gasteiger partial charge in [0.25, 0.3) is 5.91 Å². The molecule has 0 fully saturated rings. The summed E-state index contributed by atoms with van der Waals surface area (Å²) < 4.78 is 13.3. The molecule has 0 aliphatic rings. The van der Waals surface area contributed by atoms with E-state index in [1.807, 2.05) is 6.26 Å². The zero-order valence-corrected chi connectivity index (χ0v) is 10.6. The molecule has 0 heterocycles. The number of carbonyl (C=O) groups excluding carboxylic acids is 1. The Morgan fingerprint density at radius 1 is 1.53 bits per heavy atom. The quantitative estimate of drug-likeness (QED) is 0.843. The van der Waals surface area contributed by atoms with Gasteiger partial charge in [0.1, 0.15) is 5.82 Å². The van der Waals surface area contributed by atoms with Gasteiger partial charge in [0.05, 0.1) is 12.2 Å². The molecule has 94 valence electrons. The van der Waals surface area contributed by atoms with E-state index in [9.17, 15) is 9.18 Å². The van der Waals surface area contributed by atoms with Gasteiger partial charge < -0.3 is 10.4 Å². The molecule has 0 aromatic heterocycles. The first-order valence-corrected chi connectivity index (χ1v) is 6.58. The molecule has 2 N–H and O–H groups in total. The maximum absolute atomic E-state index is 13.3. The van der Waals surface area contributed by atoms with Gasteiger partial charge in [-0.05, 0) is 25.3 Å². The minimum Gasteiger partial charge on any atom is -0.395 e. The number of benzene rings is 1. The molecule has 5 heteroatoms. The second-order valence-electron chi connectivity index (χ2n) is 3.70. The van der Waals surface area contributed by atoms with Gasteiger partial charge in [-0.25, -0.2) is 4.39 Å². The standard InChI is InChI=1S/C12H16FNO2S/c1-8(11(7-15)17-2)14-12(16)9-5-3-4-6-10(9)13/h3-6,8,11,15H,7H2,1-2H3,(H,14,16). The van der Waals surface area contributed by atoms with Gasteiger partial charge in [-0.15, -0.1) is 0 Å². The Bertz CT molecular complexity index is 383. The summed E-state index contributed by atoms with van der Waals surface area (Å²) in [6.45, 7) is 1.76. The molecular weight excluding hydrogens is 241 g/mol. The lowest BCUT2D eigenvalue weighted by molar-refractivity contribution is 0.0932. The average Bonchev–Trinajstić information content (AvgIpc) is 2.31. The highest BCUT2D eigenvalue weighted by atomic mass is 32.2. The maximum atomic E-state index is 13.3. The van der Waals surface area contributed by atoms with Gasteiger partial charge in [-0.3, -0.25) is 4.79 Å². The molecule has 2 unspecified atom stereocenters. The fourth-order valence-corrected chi connectivity index (χ4v) is 2.08. The molecule has 3 nitrogen and oxygen atoms in total. The van der Waals surface area contributed by atoms with Crippen LogP contribution in [0.5, 0.6) is 0 Å². The van der Waals surface area contributed by atoms with Crippen LogP contribution in [0.1, 0.15) is 17.3 Å². The summed E-state index contributed by atoms with van der Waals surface area (Å²) in [6.07, 6.45) is 1.85.